The molecule has 7 heteroatoms. The van der Waals surface area contributed by atoms with Crippen molar-refractivity contribution in [2.75, 3.05) is 5.48 Å². The van der Waals surface area contributed by atoms with Gasteiger partial charge in [0.2, 0.25) is 0 Å². The van der Waals surface area contributed by atoms with Gasteiger partial charge in [-0.2, -0.15) is 13.2 Å². The maximum Gasteiger partial charge on any atom is 0.417 e. The van der Waals surface area contributed by atoms with Crippen LogP contribution in [0.2, 0.25) is 10.0 Å². The molecule has 0 aromatic heterocycles. The molecule has 0 unspecified atom stereocenters. The van der Waals surface area contributed by atoms with Crippen LogP contribution < -0.4 is 5.48 Å². The van der Waals surface area contributed by atoms with Crippen LogP contribution in [-0.4, -0.2) is 5.21 Å². The van der Waals surface area contributed by atoms with Gasteiger partial charge in [0.25, 0.3) is 0 Å². The van der Waals surface area contributed by atoms with E-state index in [1.54, 1.807) is 0 Å². The molecule has 78 valence electrons. The Labute approximate surface area is 87.2 Å². The molecule has 0 fully saturated rings. The Balaban J connectivity index is 3.36. The Hall–Kier alpha value is -0.650. The molecule has 1 aromatic rings. The molecule has 14 heavy (non-hydrogen) atoms. The lowest BCUT2D eigenvalue weighted by Crippen LogP contribution is -2.07. The second-order valence-corrected chi connectivity index (χ2v) is 3.18. The number of hydrogen-bond acceptors (Lipinski definition) is 2. The van der Waals surface area contributed by atoms with Gasteiger partial charge >= 0.3 is 6.18 Å². The lowest BCUT2D eigenvalue weighted by molar-refractivity contribution is -0.137. The average molecular weight is 246 g/mol. The number of anilines is 1. The molecule has 0 aliphatic rings. The first-order chi connectivity index (χ1) is 6.38. The maximum atomic E-state index is 12.3. The van der Waals surface area contributed by atoms with Crippen molar-refractivity contribution in [3.05, 3.63) is 27.7 Å². The first kappa shape index (κ1) is 11.4. The summed E-state index contributed by atoms with van der Waals surface area (Å²) in [5, 5.41) is 7.75. The van der Waals surface area contributed by atoms with Crippen molar-refractivity contribution in [2.24, 2.45) is 0 Å². The largest absolute Gasteiger partial charge is 0.417 e. The summed E-state index contributed by atoms with van der Waals surface area (Å²) in [5.41, 5.74) is 0.0985. The first-order valence-corrected chi connectivity index (χ1v) is 4.09. The molecule has 1 aromatic carbocycles. The predicted molar refractivity (Wildman–Crippen MR) is 46.9 cm³/mol. The molecule has 0 spiro atoms. The molecular weight excluding hydrogens is 242 g/mol. The summed E-state index contributed by atoms with van der Waals surface area (Å²) < 4.78 is 36.8. The highest BCUT2D eigenvalue weighted by Gasteiger charge is 2.34. The Morgan fingerprint density at radius 3 is 2.21 bits per heavy atom. The zero-order chi connectivity index (χ0) is 10.9. The summed E-state index contributed by atoms with van der Waals surface area (Å²) in [4.78, 5) is 0. The Morgan fingerprint density at radius 2 is 1.79 bits per heavy atom. The van der Waals surface area contributed by atoms with Crippen molar-refractivity contribution in [3.63, 3.8) is 0 Å². The summed E-state index contributed by atoms with van der Waals surface area (Å²) >= 11 is 10.8. The van der Waals surface area contributed by atoms with Gasteiger partial charge in [0, 0.05) is 0 Å². The predicted octanol–water partition coefficient (Wildman–Crippen LogP) is 3.81. The zero-order valence-corrected chi connectivity index (χ0v) is 8.00. The molecule has 0 atom stereocenters. The molecule has 1 rings (SSSR count). The number of hydrogen-bond donors (Lipinski definition) is 2. The fourth-order valence-corrected chi connectivity index (χ4v) is 1.44. The van der Waals surface area contributed by atoms with Crippen molar-refractivity contribution in [1.29, 1.82) is 0 Å². The van der Waals surface area contributed by atoms with Gasteiger partial charge in [0.05, 0.1) is 21.3 Å². The van der Waals surface area contributed by atoms with Crippen LogP contribution in [0.1, 0.15) is 5.56 Å². The SMILES string of the molecule is ONc1c(Cl)ccc(C(F)(F)F)c1Cl. The molecular formula is C7H4Cl2F3NO. The van der Waals surface area contributed by atoms with Crippen LogP contribution in [0.4, 0.5) is 18.9 Å². The molecule has 0 amide bonds. The van der Waals surface area contributed by atoms with Crippen molar-refractivity contribution >= 4 is 28.9 Å². The van der Waals surface area contributed by atoms with Crippen LogP contribution >= 0.6 is 23.2 Å². The first-order valence-electron chi connectivity index (χ1n) is 3.33. The molecule has 2 N–H and O–H groups in total. The summed E-state index contributed by atoms with van der Waals surface area (Å²) in [6.07, 6.45) is -4.58. The number of halogens is 5. The van der Waals surface area contributed by atoms with E-state index in [2.05, 4.69) is 0 Å². The standard InChI is InChI=1S/C7H4Cl2F3NO/c8-4-2-1-3(7(10,11)12)5(9)6(4)13-14/h1-2,13-14H. The Kier molecular flexibility index (Phi) is 3.14. The summed E-state index contributed by atoms with van der Waals surface area (Å²) in [6.45, 7) is 0. The van der Waals surface area contributed by atoms with E-state index in [-0.39, 0.29) is 10.7 Å². The van der Waals surface area contributed by atoms with Crippen LogP contribution in [0.5, 0.6) is 0 Å². The monoisotopic (exact) mass is 245 g/mol. The van der Waals surface area contributed by atoms with E-state index >= 15 is 0 Å². The maximum absolute atomic E-state index is 12.3. The Morgan fingerprint density at radius 1 is 1.21 bits per heavy atom. The van der Waals surface area contributed by atoms with E-state index in [1.165, 1.54) is 5.48 Å². The van der Waals surface area contributed by atoms with E-state index in [0.29, 0.717) is 0 Å². The van der Waals surface area contributed by atoms with E-state index in [4.69, 9.17) is 28.4 Å². The van der Waals surface area contributed by atoms with Crippen LogP contribution in [0, 0.1) is 0 Å². The van der Waals surface area contributed by atoms with E-state index < -0.39 is 16.8 Å². The average Bonchev–Trinajstić information content (AvgIpc) is 2.02. The highest BCUT2D eigenvalue weighted by molar-refractivity contribution is 6.39. The molecule has 0 saturated carbocycles. The third-order valence-electron chi connectivity index (χ3n) is 1.51. The summed E-state index contributed by atoms with van der Waals surface area (Å²) in [6, 6.07) is 1.74. The topological polar surface area (TPSA) is 32.3 Å². The van der Waals surface area contributed by atoms with Crippen LogP contribution in [0.3, 0.4) is 0 Å². The van der Waals surface area contributed by atoms with Crippen LogP contribution in [-0.2, 0) is 6.18 Å². The van der Waals surface area contributed by atoms with Gasteiger partial charge < -0.3 is 0 Å². The highest BCUT2D eigenvalue weighted by atomic mass is 35.5. The van der Waals surface area contributed by atoms with Gasteiger partial charge in [-0.15, -0.1) is 0 Å². The van der Waals surface area contributed by atoms with Gasteiger partial charge in [-0.1, -0.05) is 23.2 Å². The number of rotatable bonds is 1. The Bertz CT molecular complexity index is 354. The van der Waals surface area contributed by atoms with Crippen molar-refractivity contribution in [3.8, 4) is 0 Å². The lowest BCUT2D eigenvalue weighted by atomic mass is 10.2. The molecule has 0 aliphatic heterocycles. The lowest BCUT2D eigenvalue weighted by Gasteiger charge is -2.12. The minimum Gasteiger partial charge on any atom is -0.291 e. The summed E-state index contributed by atoms with van der Waals surface area (Å²) in [7, 11) is 0. The minimum atomic E-state index is -4.58. The number of benzene rings is 1. The molecule has 0 aliphatic carbocycles. The fraction of sp³-hybridized carbons (Fsp3) is 0.143. The minimum absolute atomic E-state index is 0.0921. The molecule has 0 radical (unpaired) electrons. The highest BCUT2D eigenvalue weighted by Crippen LogP contribution is 2.41. The second-order valence-electron chi connectivity index (χ2n) is 2.39. The summed E-state index contributed by atoms with van der Waals surface area (Å²) in [5.74, 6) is 0. The number of nitrogens with one attached hydrogen (secondary N) is 1. The van der Waals surface area contributed by atoms with Crippen LogP contribution in [0.25, 0.3) is 0 Å². The number of alkyl halides is 3. The van der Waals surface area contributed by atoms with Gasteiger partial charge in [0.1, 0.15) is 0 Å². The van der Waals surface area contributed by atoms with E-state index in [9.17, 15) is 13.2 Å². The fourth-order valence-electron chi connectivity index (χ4n) is 0.874. The van der Waals surface area contributed by atoms with Gasteiger partial charge in [0.15, 0.2) is 0 Å². The molecule has 0 heterocycles. The van der Waals surface area contributed by atoms with Gasteiger partial charge in [-0.3, -0.25) is 10.7 Å². The normalized spacial score (nSPS) is 11.6. The third-order valence-corrected chi connectivity index (χ3v) is 2.22. The van der Waals surface area contributed by atoms with E-state index in [0.717, 1.165) is 12.1 Å². The molecule has 0 saturated heterocycles. The zero-order valence-electron chi connectivity index (χ0n) is 6.49. The molecule has 0 bridgehead atoms. The van der Waals surface area contributed by atoms with Crippen LogP contribution in [0.15, 0.2) is 12.1 Å². The second kappa shape index (κ2) is 3.84. The van der Waals surface area contributed by atoms with Crippen molar-refractivity contribution < 1.29 is 18.4 Å². The van der Waals surface area contributed by atoms with Gasteiger partial charge in [-0.25, -0.2) is 0 Å². The molecule has 2 nitrogen and oxygen atoms in total. The smallest absolute Gasteiger partial charge is 0.291 e. The van der Waals surface area contributed by atoms with E-state index in [1.807, 2.05) is 0 Å². The third kappa shape index (κ3) is 2.05. The van der Waals surface area contributed by atoms with Crippen molar-refractivity contribution in [2.45, 2.75) is 6.18 Å². The van der Waals surface area contributed by atoms with Crippen molar-refractivity contribution in [1.82, 2.24) is 0 Å². The quantitative estimate of drug-likeness (QED) is 0.738. The van der Waals surface area contributed by atoms with Gasteiger partial charge in [-0.05, 0) is 12.1 Å².